The lowest BCUT2D eigenvalue weighted by Crippen LogP contribution is -2.29. The highest BCUT2D eigenvalue weighted by molar-refractivity contribution is 6.37. The first-order chi connectivity index (χ1) is 20.5. The molecular formula is C34H30N2O6. The molecule has 0 saturated carbocycles. The van der Waals surface area contributed by atoms with E-state index in [9.17, 15) is 9.59 Å². The number of carboxylic acid groups (broad SMARTS) is 1. The molecule has 0 atom stereocenters. The topological polar surface area (TPSA) is 107 Å². The van der Waals surface area contributed by atoms with Crippen LogP contribution in [0.1, 0.15) is 42.0 Å². The fourth-order valence-electron chi connectivity index (χ4n) is 5.09. The minimum Gasteiger partial charge on any atom is -0.477 e. The molecule has 2 aliphatic heterocycles. The Morgan fingerprint density at radius 3 is 1.29 bits per heavy atom. The van der Waals surface area contributed by atoms with Gasteiger partial charge in [-0.25, -0.2) is 9.59 Å². The highest BCUT2D eigenvalue weighted by Gasteiger charge is 2.46. The van der Waals surface area contributed by atoms with E-state index in [0.717, 1.165) is 22.3 Å². The van der Waals surface area contributed by atoms with E-state index in [1.807, 2.05) is 121 Å². The average molecular weight is 563 g/mol. The maximum absolute atomic E-state index is 12.0. The van der Waals surface area contributed by atoms with Gasteiger partial charge >= 0.3 is 11.9 Å². The van der Waals surface area contributed by atoms with Gasteiger partial charge in [0.15, 0.2) is 22.6 Å². The monoisotopic (exact) mass is 562 g/mol. The van der Waals surface area contributed by atoms with Gasteiger partial charge in [-0.15, -0.1) is 0 Å². The summed E-state index contributed by atoms with van der Waals surface area (Å²) in [7, 11) is 0. The Labute approximate surface area is 243 Å². The number of rotatable bonds is 7. The van der Waals surface area contributed by atoms with Crippen molar-refractivity contribution in [3.63, 3.8) is 0 Å². The van der Waals surface area contributed by atoms with Crippen LogP contribution in [0.2, 0.25) is 0 Å². The van der Waals surface area contributed by atoms with Crippen molar-refractivity contribution >= 4 is 23.4 Å². The van der Waals surface area contributed by atoms with E-state index in [1.54, 1.807) is 6.92 Å². The van der Waals surface area contributed by atoms with Crippen LogP contribution in [0.25, 0.3) is 0 Å². The second-order valence-electron chi connectivity index (χ2n) is 9.76. The molecule has 0 fully saturated rings. The highest BCUT2D eigenvalue weighted by Crippen LogP contribution is 2.42. The van der Waals surface area contributed by atoms with Gasteiger partial charge in [-0.05, 0) is 6.92 Å². The molecule has 0 unspecified atom stereocenters. The molecule has 6 rings (SSSR count). The molecule has 0 aromatic heterocycles. The van der Waals surface area contributed by atoms with E-state index in [0.29, 0.717) is 18.7 Å². The number of carbonyl (C=O) groups excluding carboxylic acids is 1. The molecule has 42 heavy (non-hydrogen) atoms. The van der Waals surface area contributed by atoms with E-state index in [4.69, 9.17) is 19.5 Å². The zero-order valence-electron chi connectivity index (χ0n) is 23.1. The molecule has 0 spiro atoms. The fourth-order valence-corrected chi connectivity index (χ4v) is 5.09. The minimum absolute atomic E-state index is 0.0395. The van der Waals surface area contributed by atoms with E-state index in [-0.39, 0.29) is 12.1 Å². The zero-order chi connectivity index (χ0) is 29.4. The standard InChI is InChI=1S/C18H17NO3.C16H13NO3/c1-2-21-17(20)16-13-18(22-19-16,14-9-5-3-6-10-14)15-11-7-4-8-12-15;18-15(19)14-11-16(20-17-14,12-7-3-1-4-8-12)13-9-5-2-6-10-13/h3-12H,2,13H2,1H3;1-10H,11H2,(H,18,19). The number of carboxylic acids is 1. The molecule has 0 radical (unpaired) electrons. The number of hydrogen-bond donors (Lipinski definition) is 1. The van der Waals surface area contributed by atoms with Crippen molar-refractivity contribution in [2.75, 3.05) is 6.61 Å². The molecular weight excluding hydrogens is 532 g/mol. The van der Waals surface area contributed by atoms with E-state index >= 15 is 0 Å². The summed E-state index contributed by atoms with van der Waals surface area (Å²) in [6, 6.07) is 38.8. The van der Waals surface area contributed by atoms with Gasteiger partial charge in [-0.2, -0.15) is 0 Å². The van der Waals surface area contributed by atoms with Crippen molar-refractivity contribution in [3.8, 4) is 0 Å². The molecule has 212 valence electrons. The summed E-state index contributed by atoms with van der Waals surface area (Å²) >= 11 is 0. The van der Waals surface area contributed by atoms with Crippen molar-refractivity contribution in [3.05, 3.63) is 144 Å². The Kier molecular flexibility index (Phi) is 8.43. The minimum atomic E-state index is -1.04. The van der Waals surface area contributed by atoms with Crippen LogP contribution in [0, 0.1) is 0 Å². The van der Waals surface area contributed by atoms with Crippen LogP contribution >= 0.6 is 0 Å². The maximum atomic E-state index is 12.0. The SMILES string of the molecule is CCOC(=O)C1=NOC(c2ccccc2)(c2ccccc2)C1.O=C(O)C1=NOC(c2ccccc2)(c2ccccc2)C1. The van der Waals surface area contributed by atoms with Gasteiger partial charge < -0.3 is 19.5 Å². The van der Waals surface area contributed by atoms with Crippen molar-refractivity contribution in [2.24, 2.45) is 10.3 Å². The maximum Gasteiger partial charge on any atom is 0.356 e. The van der Waals surface area contributed by atoms with Gasteiger partial charge in [0.05, 0.1) is 19.4 Å². The molecule has 0 bridgehead atoms. The predicted octanol–water partition coefficient (Wildman–Crippen LogP) is 6.06. The summed E-state index contributed by atoms with van der Waals surface area (Å²) in [5, 5.41) is 16.9. The van der Waals surface area contributed by atoms with Crippen LogP contribution in [0.3, 0.4) is 0 Å². The fraction of sp³-hybridized carbons (Fsp3) is 0.176. The number of benzene rings is 4. The van der Waals surface area contributed by atoms with Gasteiger partial charge in [0, 0.05) is 22.3 Å². The molecule has 8 nitrogen and oxygen atoms in total. The second-order valence-corrected chi connectivity index (χ2v) is 9.76. The number of carbonyl (C=O) groups is 2. The van der Waals surface area contributed by atoms with Gasteiger partial charge in [0.2, 0.25) is 0 Å². The van der Waals surface area contributed by atoms with E-state index < -0.39 is 23.1 Å². The zero-order valence-corrected chi connectivity index (χ0v) is 23.1. The Bertz CT molecular complexity index is 1490. The number of nitrogens with zero attached hydrogens (tertiary/aromatic N) is 2. The summed E-state index contributed by atoms with van der Waals surface area (Å²) in [6.07, 6.45) is 0.580. The molecule has 0 saturated heterocycles. The Morgan fingerprint density at radius 2 is 0.976 bits per heavy atom. The van der Waals surface area contributed by atoms with Gasteiger partial charge in [0.1, 0.15) is 0 Å². The number of hydrogen-bond acceptors (Lipinski definition) is 7. The average Bonchev–Trinajstić information content (AvgIpc) is 3.71. The predicted molar refractivity (Wildman–Crippen MR) is 158 cm³/mol. The third-order valence-electron chi connectivity index (χ3n) is 7.17. The van der Waals surface area contributed by atoms with Crippen molar-refractivity contribution in [1.29, 1.82) is 0 Å². The smallest absolute Gasteiger partial charge is 0.356 e. The summed E-state index contributed by atoms with van der Waals surface area (Å²) in [4.78, 5) is 34.5. The van der Waals surface area contributed by atoms with Crippen LogP contribution < -0.4 is 0 Å². The van der Waals surface area contributed by atoms with Crippen LogP contribution in [0.15, 0.2) is 132 Å². The van der Waals surface area contributed by atoms with E-state index in [1.165, 1.54) is 0 Å². The molecule has 0 aliphatic carbocycles. The van der Waals surface area contributed by atoms with Gasteiger partial charge in [-0.1, -0.05) is 132 Å². The molecule has 2 heterocycles. The number of esters is 1. The molecule has 4 aromatic carbocycles. The summed E-state index contributed by atoms with van der Waals surface area (Å²) in [5.74, 6) is -1.46. The summed E-state index contributed by atoms with van der Waals surface area (Å²) in [6.45, 7) is 2.09. The summed E-state index contributed by atoms with van der Waals surface area (Å²) < 4.78 is 5.04. The normalized spacial score (nSPS) is 16.0. The molecule has 8 heteroatoms. The Balaban J connectivity index is 0.000000169. The third-order valence-corrected chi connectivity index (χ3v) is 7.17. The third kappa shape index (κ3) is 5.65. The van der Waals surface area contributed by atoms with Crippen LogP contribution in [-0.4, -0.2) is 35.1 Å². The quantitative estimate of drug-likeness (QED) is 0.275. The highest BCUT2D eigenvalue weighted by atomic mass is 16.7. The second kappa shape index (κ2) is 12.5. The first-order valence-electron chi connectivity index (χ1n) is 13.6. The lowest BCUT2D eigenvalue weighted by molar-refractivity contribution is -0.135. The van der Waals surface area contributed by atoms with Crippen LogP contribution in [0.5, 0.6) is 0 Å². The van der Waals surface area contributed by atoms with E-state index in [2.05, 4.69) is 10.3 Å². The Hall–Kier alpha value is -5.24. The number of oxime groups is 2. The first-order valence-corrected chi connectivity index (χ1v) is 13.6. The first kappa shape index (κ1) is 28.3. The van der Waals surface area contributed by atoms with Crippen LogP contribution in [0.4, 0.5) is 0 Å². The lowest BCUT2D eigenvalue weighted by atomic mass is 9.82. The number of ether oxygens (including phenoxy) is 1. The molecule has 0 amide bonds. The van der Waals surface area contributed by atoms with Gasteiger partial charge in [-0.3, -0.25) is 0 Å². The molecule has 2 aliphatic rings. The molecule has 1 N–H and O–H groups in total. The summed E-state index contributed by atoms with van der Waals surface area (Å²) in [5.41, 5.74) is 2.44. The molecule has 4 aromatic rings. The van der Waals surface area contributed by atoms with Crippen LogP contribution in [-0.2, 0) is 35.2 Å². The number of aliphatic carboxylic acids is 1. The van der Waals surface area contributed by atoms with Crippen molar-refractivity contribution < 1.29 is 29.1 Å². The van der Waals surface area contributed by atoms with Gasteiger partial charge in [0.25, 0.3) is 0 Å². The van der Waals surface area contributed by atoms with Crippen molar-refractivity contribution in [1.82, 2.24) is 0 Å². The largest absolute Gasteiger partial charge is 0.477 e. The Morgan fingerprint density at radius 1 is 0.643 bits per heavy atom. The van der Waals surface area contributed by atoms with Crippen molar-refractivity contribution in [2.45, 2.75) is 31.0 Å². The lowest BCUT2D eigenvalue weighted by Gasteiger charge is -2.27.